The molecule has 4 nitrogen and oxygen atoms in total. The Hall–Kier alpha value is -1.55. The van der Waals surface area contributed by atoms with Crippen molar-refractivity contribution in [3.05, 3.63) is 29.8 Å². The van der Waals surface area contributed by atoms with Gasteiger partial charge >= 0.3 is 0 Å². The molecule has 0 aliphatic carbocycles. The summed E-state index contributed by atoms with van der Waals surface area (Å²) in [5, 5.41) is 0. The Kier molecular flexibility index (Phi) is 3.33. The van der Waals surface area contributed by atoms with Crippen molar-refractivity contribution in [1.29, 1.82) is 0 Å². The summed E-state index contributed by atoms with van der Waals surface area (Å²) in [6.07, 6.45) is 1.30. The van der Waals surface area contributed by atoms with Gasteiger partial charge in [0.1, 0.15) is 5.75 Å². The fourth-order valence-corrected chi connectivity index (χ4v) is 2.34. The van der Waals surface area contributed by atoms with Gasteiger partial charge < -0.3 is 15.4 Å². The van der Waals surface area contributed by atoms with Crippen molar-refractivity contribution in [3.63, 3.8) is 0 Å². The number of amides is 1. The van der Waals surface area contributed by atoms with E-state index in [1.165, 1.54) is 0 Å². The zero-order valence-electron chi connectivity index (χ0n) is 10.2. The summed E-state index contributed by atoms with van der Waals surface area (Å²) in [4.78, 5) is 13.4. The normalized spacial score (nSPS) is 24.9. The summed E-state index contributed by atoms with van der Waals surface area (Å²) in [7, 11) is 3.45. The van der Waals surface area contributed by atoms with Crippen LogP contribution in [0.5, 0.6) is 5.75 Å². The molecular formula is C13H18N2O2. The third-order valence-electron chi connectivity index (χ3n) is 3.37. The number of methoxy groups -OCH3 is 1. The van der Waals surface area contributed by atoms with Crippen LogP contribution in [0, 0.1) is 0 Å². The zero-order valence-corrected chi connectivity index (χ0v) is 10.2. The first-order chi connectivity index (χ1) is 8.13. The Morgan fingerprint density at radius 3 is 2.59 bits per heavy atom. The molecule has 1 aliphatic heterocycles. The summed E-state index contributed by atoms with van der Waals surface area (Å²) in [5.74, 6) is 0.972. The number of piperidine rings is 1. The number of nitrogens with zero attached hydrogens (tertiary/aromatic N) is 1. The molecule has 2 rings (SSSR count). The third-order valence-corrected chi connectivity index (χ3v) is 3.37. The molecule has 1 aromatic rings. The van der Waals surface area contributed by atoms with Crippen LogP contribution >= 0.6 is 0 Å². The topological polar surface area (TPSA) is 55.6 Å². The number of hydrogen-bond acceptors (Lipinski definition) is 3. The molecule has 1 saturated heterocycles. The van der Waals surface area contributed by atoms with Gasteiger partial charge in [-0.25, -0.2) is 0 Å². The van der Waals surface area contributed by atoms with Gasteiger partial charge in [0.25, 0.3) is 0 Å². The highest BCUT2D eigenvalue weighted by Crippen LogP contribution is 2.30. The van der Waals surface area contributed by atoms with Gasteiger partial charge in [-0.1, -0.05) is 12.1 Å². The quantitative estimate of drug-likeness (QED) is 0.839. The lowest BCUT2D eigenvalue weighted by Gasteiger charge is -2.37. The molecular weight excluding hydrogens is 216 g/mol. The second-order valence-electron chi connectivity index (χ2n) is 4.43. The summed E-state index contributed by atoms with van der Waals surface area (Å²) in [6.45, 7) is 0. The number of carbonyl (C=O) groups excluding carboxylic acids is 1. The van der Waals surface area contributed by atoms with Gasteiger partial charge in [-0.15, -0.1) is 0 Å². The number of likely N-dealkylation sites (tertiary alicyclic amines) is 1. The Balaban J connectivity index is 2.26. The number of ether oxygens (including phenoxy) is 1. The van der Waals surface area contributed by atoms with E-state index in [0.717, 1.165) is 17.7 Å². The Bertz CT molecular complexity index is 402. The van der Waals surface area contributed by atoms with Gasteiger partial charge in [0.05, 0.1) is 13.2 Å². The van der Waals surface area contributed by atoms with Crippen molar-refractivity contribution in [2.45, 2.75) is 24.9 Å². The van der Waals surface area contributed by atoms with Crippen LogP contribution < -0.4 is 10.5 Å². The lowest BCUT2D eigenvalue weighted by atomic mass is 9.91. The lowest BCUT2D eigenvalue weighted by Crippen LogP contribution is -2.46. The maximum absolute atomic E-state index is 11.7. The molecule has 0 bridgehead atoms. The Labute approximate surface area is 101 Å². The summed E-state index contributed by atoms with van der Waals surface area (Å²) < 4.78 is 5.12. The van der Waals surface area contributed by atoms with Crippen LogP contribution in [0.2, 0.25) is 0 Å². The minimum Gasteiger partial charge on any atom is -0.497 e. The lowest BCUT2D eigenvalue weighted by molar-refractivity contribution is -0.135. The molecule has 0 spiro atoms. The highest BCUT2D eigenvalue weighted by Gasteiger charge is 2.32. The van der Waals surface area contributed by atoms with Gasteiger partial charge in [0.2, 0.25) is 5.91 Å². The van der Waals surface area contributed by atoms with E-state index in [1.807, 2.05) is 31.3 Å². The van der Waals surface area contributed by atoms with Gasteiger partial charge in [-0.05, 0) is 24.1 Å². The van der Waals surface area contributed by atoms with E-state index in [-0.39, 0.29) is 18.0 Å². The van der Waals surface area contributed by atoms with E-state index in [0.29, 0.717) is 6.42 Å². The average Bonchev–Trinajstić information content (AvgIpc) is 2.35. The van der Waals surface area contributed by atoms with E-state index < -0.39 is 0 Å². The monoisotopic (exact) mass is 234 g/mol. The fraction of sp³-hybridized carbons (Fsp3) is 0.462. The number of rotatable bonds is 2. The van der Waals surface area contributed by atoms with Crippen LogP contribution in [0.4, 0.5) is 0 Å². The van der Waals surface area contributed by atoms with Crippen LogP contribution in [0.1, 0.15) is 24.4 Å². The minimum absolute atomic E-state index is 0.00564. The highest BCUT2D eigenvalue weighted by molar-refractivity contribution is 5.77. The van der Waals surface area contributed by atoms with Crippen molar-refractivity contribution in [1.82, 2.24) is 4.90 Å². The SMILES string of the molecule is COc1ccc(C2C(N)CCC(=O)N2C)cc1. The molecule has 1 aliphatic rings. The van der Waals surface area contributed by atoms with E-state index in [9.17, 15) is 4.79 Å². The zero-order chi connectivity index (χ0) is 12.4. The number of likely N-dealkylation sites (N-methyl/N-ethyl adjacent to an activating group) is 1. The second-order valence-corrected chi connectivity index (χ2v) is 4.43. The smallest absolute Gasteiger partial charge is 0.222 e. The van der Waals surface area contributed by atoms with Gasteiger partial charge in [-0.2, -0.15) is 0 Å². The fourth-order valence-electron chi connectivity index (χ4n) is 2.34. The van der Waals surface area contributed by atoms with Crippen molar-refractivity contribution in [2.24, 2.45) is 5.73 Å². The summed E-state index contributed by atoms with van der Waals surface area (Å²) in [5.41, 5.74) is 7.17. The predicted molar refractivity (Wildman–Crippen MR) is 65.7 cm³/mol. The largest absolute Gasteiger partial charge is 0.497 e. The molecule has 4 heteroatoms. The molecule has 2 N–H and O–H groups in total. The molecule has 0 aromatic heterocycles. The number of nitrogens with two attached hydrogens (primary N) is 1. The van der Waals surface area contributed by atoms with Gasteiger partial charge in [0.15, 0.2) is 0 Å². The summed E-state index contributed by atoms with van der Waals surface area (Å²) in [6, 6.07) is 7.72. The van der Waals surface area contributed by atoms with E-state index in [1.54, 1.807) is 12.0 Å². The molecule has 2 atom stereocenters. The third kappa shape index (κ3) is 2.26. The first kappa shape index (κ1) is 11.9. The van der Waals surface area contributed by atoms with Gasteiger partial charge in [0, 0.05) is 19.5 Å². The molecule has 92 valence electrons. The molecule has 1 heterocycles. The number of benzene rings is 1. The average molecular weight is 234 g/mol. The molecule has 2 unspecified atom stereocenters. The second kappa shape index (κ2) is 4.75. The summed E-state index contributed by atoms with van der Waals surface area (Å²) >= 11 is 0. The van der Waals surface area contributed by atoms with Crippen molar-refractivity contribution < 1.29 is 9.53 Å². The van der Waals surface area contributed by atoms with Crippen molar-refractivity contribution in [2.75, 3.05) is 14.2 Å². The van der Waals surface area contributed by atoms with Crippen LogP contribution in [0.25, 0.3) is 0 Å². The van der Waals surface area contributed by atoms with E-state index in [4.69, 9.17) is 10.5 Å². The maximum Gasteiger partial charge on any atom is 0.222 e. The molecule has 1 amide bonds. The standard InChI is InChI=1S/C13H18N2O2/c1-15-12(16)8-7-11(14)13(15)9-3-5-10(17-2)6-4-9/h3-6,11,13H,7-8,14H2,1-2H3. The Morgan fingerprint density at radius 1 is 1.35 bits per heavy atom. The van der Waals surface area contributed by atoms with Crippen LogP contribution in [-0.4, -0.2) is 31.0 Å². The molecule has 0 radical (unpaired) electrons. The van der Waals surface area contributed by atoms with Crippen LogP contribution in [0.3, 0.4) is 0 Å². The molecule has 0 saturated carbocycles. The molecule has 1 aromatic carbocycles. The van der Waals surface area contributed by atoms with Crippen LogP contribution in [-0.2, 0) is 4.79 Å². The molecule has 1 fully saturated rings. The first-order valence-corrected chi connectivity index (χ1v) is 5.78. The number of hydrogen-bond donors (Lipinski definition) is 1. The predicted octanol–water partition coefficient (Wildman–Crippen LogP) is 1.32. The maximum atomic E-state index is 11.7. The van der Waals surface area contributed by atoms with E-state index >= 15 is 0 Å². The highest BCUT2D eigenvalue weighted by atomic mass is 16.5. The minimum atomic E-state index is -0.0258. The first-order valence-electron chi connectivity index (χ1n) is 5.78. The van der Waals surface area contributed by atoms with Crippen LogP contribution in [0.15, 0.2) is 24.3 Å². The van der Waals surface area contributed by atoms with Crippen molar-refractivity contribution in [3.8, 4) is 5.75 Å². The van der Waals surface area contributed by atoms with Gasteiger partial charge in [-0.3, -0.25) is 4.79 Å². The Morgan fingerprint density at radius 2 is 2.00 bits per heavy atom. The van der Waals surface area contributed by atoms with Crippen molar-refractivity contribution >= 4 is 5.91 Å². The van der Waals surface area contributed by atoms with E-state index in [2.05, 4.69) is 0 Å². The number of carbonyl (C=O) groups is 1. The molecule has 17 heavy (non-hydrogen) atoms.